The Hall–Kier alpha value is -4.40. The summed E-state index contributed by atoms with van der Waals surface area (Å²) in [6.07, 6.45) is 3.40. The highest BCUT2D eigenvalue weighted by atomic mass is 32.2. The molecule has 0 aliphatic carbocycles. The lowest BCUT2D eigenvalue weighted by Gasteiger charge is -2.29. The van der Waals surface area contributed by atoms with E-state index in [-0.39, 0.29) is 5.82 Å². The summed E-state index contributed by atoms with van der Waals surface area (Å²) >= 11 is 0. The van der Waals surface area contributed by atoms with Gasteiger partial charge in [0.05, 0.1) is 24.6 Å². The lowest BCUT2D eigenvalue weighted by atomic mass is 10.1. The Morgan fingerprint density at radius 2 is 1.60 bits per heavy atom. The average Bonchev–Trinajstić information content (AvgIpc) is 3.59. The quantitative estimate of drug-likeness (QED) is 0.318. The van der Waals surface area contributed by atoms with E-state index in [0.29, 0.717) is 49.0 Å². The van der Waals surface area contributed by atoms with Gasteiger partial charge in [0.1, 0.15) is 23.3 Å². The molecule has 0 unspecified atom stereocenters. The predicted molar refractivity (Wildman–Crippen MR) is 148 cm³/mol. The fourth-order valence-electron chi connectivity index (χ4n) is 4.38. The Morgan fingerprint density at radius 3 is 2.30 bits per heavy atom. The molecule has 0 radical (unpaired) electrons. The molecule has 14 heteroatoms. The number of nitrogens with zero attached hydrogens (tertiary/aromatic N) is 8. The number of ether oxygens (including phenoxy) is 1. The average molecular weight is 564 g/mol. The summed E-state index contributed by atoms with van der Waals surface area (Å²) in [6, 6.07) is 14.7. The first-order valence-corrected chi connectivity index (χ1v) is 13.9. The van der Waals surface area contributed by atoms with E-state index in [1.165, 1.54) is 26.2 Å². The molecule has 0 bridgehead atoms. The predicted octanol–water partition coefficient (Wildman–Crippen LogP) is 3.03. The molecule has 5 heterocycles. The first-order valence-electron chi connectivity index (χ1n) is 12.5. The third kappa shape index (κ3) is 4.87. The van der Waals surface area contributed by atoms with Gasteiger partial charge in [-0.25, -0.2) is 9.37 Å². The van der Waals surface area contributed by atoms with Gasteiger partial charge in [-0.3, -0.25) is 4.98 Å². The fraction of sp³-hybridized carbons (Fsp3) is 0.231. The van der Waals surface area contributed by atoms with Gasteiger partial charge in [-0.2, -0.15) is 27.4 Å². The minimum absolute atomic E-state index is 0.173. The van der Waals surface area contributed by atoms with E-state index in [1.807, 2.05) is 24.3 Å². The first-order chi connectivity index (χ1) is 19.3. The minimum Gasteiger partial charge on any atom is -0.378 e. The smallest absolute Gasteiger partial charge is 0.324 e. The van der Waals surface area contributed by atoms with Crippen molar-refractivity contribution in [2.45, 2.75) is 0 Å². The van der Waals surface area contributed by atoms with Gasteiger partial charge in [0.2, 0.25) is 0 Å². The Labute approximate surface area is 229 Å². The maximum Gasteiger partial charge on any atom is 0.324 e. The number of pyridine rings is 1. The standard InChI is InChI=1S/C26H26FN9O3S/c1-33(2)40(37,38)36-25(16-22(32-36)18-3-5-20(27)6-4-18)30-23-17-26(34-11-13-39-14-12-34)35-24(29-23)15-21(31-35)19-7-9-28-10-8-19/h3-10,15-17H,11-14H2,1-2H3,(H,29,30). The molecular weight excluding hydrogens is 537 g/mol. The maximum absolute atomic E-state index is 13.5. The molecule has 6 rings (SSSR count). The van der Waals surface area contributed by atoms with Crippen molar-refractivity contribution >= 4 is 33.3 Å². The number of fused-ring (bicyclic) bond motifs is 1. The third-order valence-electron chi connectivity index (χ3n) is 6.47. The lowest BCUT2D eigenvalue weighted by molar-refractivity contribution is 0.122. The number of rotatable bonds is 7. The topological polar surface area (TPSA) is 123 Å². The molecule has 1 N–H and O–H groups in total. The van der Waals surface area contributed by atoms with E-state index < -0.39 is 16.0 Å². The van der Waals surface area contributed by atoms with Gasteiger partial charge in [-0.1, -0.05) is 0 Å². The molecule has 1 fully saturated rings. The molecule has 4 aromatic heterocycles. The van der Waals surface area contributed by atoms with E-state index >= 15 is 0 Å². The van der Waals surface area contributed by atoms with Crippen LogP contribution in [0.1, 0.15) is 0 Å². The van der Waals surface area contributed by atoms with Gasteiger partial charge >= 0.3 is 10.2 Å². The second kappa shape index (κ2) is 10.3. The Balaban J connectivity index is 1.47. The van der Waals surface area contributed by atoms with Crippen LogP contribution in [0.2, 0.25) is 0 Å². The second-order valence-corrected chi connectivity index (χ2v) is 11.3. The molecule has 12 nitrogen and oxygen atoms in total. The number of hydrogen-bond acceptors (Lipinski definition) is 9. The van der Waals surface area contributed by atoms with Crippen molar-refractivity contribution in [2.24, 2.45) is 0 Å². The van der Waals surface area contributed by atoms with Gasteiger partial charge in [0, 0.05) is 68.9 Å². The molecule has 1 aliphatic rings. The van der Waals surface area contributed by atoms with Gasteiger partial charge in [0.15, 0.2) is 5.65 Å². The van der Waals surface area contributed by atoms with Crippen LogP contribution in [-0.2, 0) is 14.9 Å². The van der Waals surface area contributed by atoms with E-state index in [0.717, 1.165) is 25.5 Å². The molecule has 1 saturated heterocycles. The highest BCUT2D eigenvalue weighted by molar-refractivity contribution is 7.87. The van der Waals surface area contributed by atoms with Crippen LogP contribution < -0.4 is 10.2 Å². The summed E-state index contributed by atoms with van der Waals surface area (Å²) in [4.78, 5) is 11.0. The number of aromatic nitrogens is 6. The number of nitrogens with one attached hydrogen (secondary N) is 1. The third-order valence-corrected chi connectivity index (χ3v) is 8.11. The van der Waals surface area contributed by atoms with Gasteiger partial charge in [0.25, 0.3) is 0 Å². The van der Waals surface area contributed by atoms with Crippen molar-refractivity contribution in [3.05, 3.63) is 72.8 Å². The zero-order chi connectivity index (χ0) is 27.9. The van der Waals surface area contributed by atoms with Gasteiger partial charge in [-0.15, -0.1) is 4.09 Å². The summed E-state index contributed by atoms with van der Waals surface area (Å²) in [6.45, 7) is 2.45. The number of halogens is 1. The number of hydrogen-bond donors (Lipinski definition) is 1. The molecule has 0 atom stereocenters. The van der Waals surface area contributed by atoms with Gasteiger partial charge in [-0.05, 0) is 36.4 Å². The van der Waals surface area contributed by atoms with Crippen LogP contribution in [0.5, 0.6) is 0 Å². The van der Waals surface area contributed by atoms with E-state index in [2.05, 4.69) is 20.3 Å². The highest BCUT2D eigenvalue weighted by Gasteiger charge is 2.25. The Morgan fingerprint density at radius 1 is 0.925 bits per heavy atom. The largest absolute Gasteiger partial charge is 0.378 e. The summed E-state index contributed by atoms with van der Waals surface area (Å²) in [5.41, 5.74) is 3.10. The van der Waals surface area contributed by atoms with E-state index in [4.69, 9.17) is 14.8 Å². The Kier molecular flexibility index (Phi) is 6.65. The van der Waals surface area contributed by atoms with Gasteiger partial charge < -0.3 is 15.0 Å². The summed E-state index contributed by atoms with van der Waals surface area (Å²) in [7, 11) is -1.16. The van der Waals surface area contributed by atoms with Crippen LogP contribution in [-0.4, -0.2) is 81.9 Å². The molecule has 0 spiro atoms. The second-order valence-electron chi connectivity index (χ2n) is 9.31. The number of morpholine rings is 1. The van der Waals surface area contributed by atoms with Crippen LogP contribution in [0, 0.1) is 5.82 Å². The molecular formula is C26H26FN9O3S. The van der Waals surface area contributed by atoms with Crippen molar-refractivity contribution in [1.29, 1.82) is 0 Å². The minimum atomic E-state index is -4.00. The molecule has 5 aromatic rings. The summed E-state index contributed by atoms with van der Waals surface area (Å²) in [5, 5.41) is 12.3. The number of benzene rings is 1. The highest BCUT2D eigenvalue weighted by Crippen LogP contribution is 2.30. The number of anilines is 3. The Bertz CT molecular complexity index is 1760. The zero-order valence-electron chi connectivity index (χ0n) is 21.8. The SMILES string of the molecule is CN(C)S(=O)(=O)n1nc(-c2ccc(F)cc2)cc1Nc1cc(N2CCOCC2)n2nc(-c3ccncc3)cc2n1. The molecule has 1 aromatic carbocycles. The summed E-state index contributed by atoms with van der Waals surface area (Å²) < 4.78 is 49.2. The van der Waals surface area contributed by atoms with Crippen molar-refractivity contribution in [1.82, 2.24) is 33.1 Å². The molecule has 40 heavy (non-hydrogen) atoms. The zero-order valence-corrected chi connectivity index (χ0v) is 22.6. The molecule has 0 saturated carbocycles. The van der Waals surface area contributed by atoms with Crippen molar-refractivity contribution in [2.75, 3.05) is 50.6 Å². The molecule has 206 valence electrons. The van der Waals surface area contributed by atoms with E-state index in [9.17, 15) is 12.8 Å². The van der Waals surface area contributed by atoms with Crippen LogP contribution >= 0.6 is 0 Å². The maximum atomic E-state index is 13.5. The van der Waals surface area contributed by atoms with Crippen molar-refractivity contribution < 1.29 is 17.5 Å². The normalized spacial score (nSPS) is 14.2. The lowest BCUT2D eigenvalue weighted by Crippen LogP contribution is -2.37. The van der Waals surface area contributed by atoms with Crippen LogP contribution in [0.15, 0.2) is 67.0 Å². The van der Waals surface area contributed by atoms with Crippen LogP contribution in [0.4, 0.5) is 21.8 Å². The fourth-order valence-corrected chi connectivity index (χ4v) is 5.22. The molecule has 1 aliphatic heterocycles. The van der Waals surface area contributed by atoms with Crippen molar-refractivity contribution in [3.63, 3.8) is 0 Å². The van der Waals surface area contributed by atoms with Crippen LogP contribution in [0.3, 0.4) is 0 Å². The van der Waals surface area contributed by atoms with Crippen LogP contribution in [0.25, 0.3) is 28.2 Å². The van der Waals surface area contributed by atoms with Crippen molar-refractivity contribution in [3.8, 4) is 22.5 Å². The monoisotopic (exact) mass is 563 g/mol. The molecule has 0 amide bonds. The summed E-state index contributed by atoms with van der Waals surface area (Å²) in [5.74, 6) is 0.946. The van der Waals surface area contributed by atoms with E-state index in [1.54, 1.807) is 35.1 Å². The first kappa shape index (κ1) is 25.9.